The molecule has 3 heterocycles. The van der Waals surface area contributed by atoms with E-state index in [1.165, 1.54) is 12.5 Å². The fourth-order valence-electron chi connectivity index (χ4n) is 4.64. The van der Waals surface area contributed by atoms with Gasteiger partial charge >= 0.3 is 0 Å². The van der Waals surface area contributed by atoms with Gasteiger partial charge in [0.2, 0.25) is 19.0 Å². The van der Waals surface area contributed by atoms with Crippen molar-refractivity contribution in [2.24, 2.45) is 0 Å². The van der Waals surface area contributed by atoms with Crippen LogP contribution in [0.1, 0.15) is 33.1 Å². The maximum absolute atomic E-state index is 13.7. The standard InChI is InChI=1S/C30H24N2O7/c1-18-7-9-20(10-8-18)28(33)22-14-32(23-12-25-24(38-17-39-25)11-21(23)29(22)34)27(26-15-36-16-37-26)30(35)31-13-19-5-3-2-4-6-19/h2-12,14-15,27H,13,16-17H2,1H3,(H,31,35). The van der Waals surface area contributed by atoms with Gasteiger partial charge in [0.15, 0.2) is 29.1 Å². The van der Waals surface area contributed by atoms with Crippen LogP contribution in [0.4, 0.5) is 0 Å². The highest BCUT2D eigenvalue weighted by atomic mass is 16.7. The molecule has 1 aromatic heterocycles. The Morgan fingerprint density at radius 1 is 0.949 bits per heavy atom. The van der Waals surface area contributed by atoms with Crippen LogP contribution < -0.4 is 20.2 Å². The smallest absolute Gasteiger partial charge is 0.251 e. The van der Waals surface area contributed by atoms with Crippen LogP contribution >= 0.6 is 0 Å². The topological polar surface area (TPSA) is 105 Å². The summed E-state index contributed by atoms with van der Waals surface area (Å²) in [6.45, 7) is 2.12. The second kappa shape index (κ2) is 10.0. The van der Waals surface area contributed by atoms with Crippen LogP contribution in [-0.2, 0) is 20.8 Å². The van der Waals surface area contributed by atoms with Gasteiger partial charge in [-0.2, -0.15) is 0 Å². The number of carbonyl (C=O) groups excluding carboxylic acids is 2. The SMILES string of the molecule is Cc1ccc(C(=O)c2cn(C(C(=O)NCc3ccccc3)C3=COCO3)c3cc4c(cc3c2=O)OCO4)cc1. The molecule has 1 amide bonds. The van der Waals surface area contributed by atoms with E-state index >= 15 is 0 Å². The first-order valence-electron chi connectivity index (χ1n) is 12.4. The zero-order valence-corrected chi connectivity index (χ0v) is 21.0. The summed E-state index contributed by atoms with van der Waals surface area (Å²) in [5.41, 5.74) is 2.05. The molecule has 0 saturated heterocycles. The zero-order valence-electron chi connectivity index (χ0n) is 21.0. The Morgan fingerprint density at radius 2 is 1.69 bits per heavy atom. The van der Waals surface area contributed by atoms with E-state index in [4.69, 9.17) is 18.9 Å². The molecule has 39 heavy (non-hydrogen) atoms. The van der Waals surface area contributed by atoms with Crippen molar-refractivity contribution in [3.05, 3.63) is 117 Å². The molecule has 9 nitrogen and oxygen atoms in total. The van der Waals surface area contributed by atoms with Gasteiger partial charge in [-0.15, -0.1) is 0 Å². The molecule has 0 saturated carbocycles. The number of rotatable bonds is 7. The van der Waals surface area contributed by atoms with Crippen LogP contribution in [0.3, 0.4) is 0 Å². The minimum absolute atomic E-state index is 0.00189. The van der Waals surface area contributed by atoms with Gasteiger partial charge in [-0.3, -0.25) is 14.4 Å². The number of benzene rings is 3. The first-order valence-corrected chi connectivity index (χ1v) is 12.4. The van der Waals surface area contributed by atoms with Gasteiger partial charge in [0.25, 0.3) is 5.91 Å². The fourth-order valence-corrected chi connectivity index (χ4v) is 4.64. The molecule has 0 bridgehead atoms. The maximum atomic E-state index is 13.7. The Bertz CT molecular complexity index is 1670. The lowest BCUT2D eigenvalue weighted by Gasteiger charge is -2.23. The summed E-state index contributed by atoms with van der Waals surface area (Å²) >= 11 is 0. The number of aryl methyl sites for hydroxylation is 1. The molecule has 0 aliphatic carbocycles. The number of nitrogens with one attached hydrogen (secondary N) is 1. The first-order chi connectivity index (χ1) is 19.0. The summed E-state index contributed by atoms with van der Waals surface area (Å²) in [4.78, 5) is 41.0. The molecule has 0 fully saturated rings. The minimum atomic E-state index is -1.08. The van der Waals surface area contributed by atoms with Gasteiger partial charge in [0.05, 0.1) is 16.5 Å². The van der Waals surface area contributed by atoms with Crippen molar-refractivity contribution in [2.75, 3.05) is 13.6 Å². The molecule has 196 valence electrons. The normalized spacial score (nSPS) is 14.3. The fraction of sp³-hybridized carbons (Fsp3) is 0.167. The third kappa shape index (κ3) is 4.59. The molecule has 0 spiro atoms. The number of hydrogen-bond acceptors (Lipinski definition) is 7. The van der Waals surface area contributed by atoms with Crippen LogP contribution in [0.2, 0.25) is 0 Å². The number of ketones is 1. The maximum Gasteiger partial charge on any atom is 0.251 e. The Labute approximate surface area is 223 Å². The predicted octanol–water partition coefficient (Wildman–Crippen LogP) is 3.97. The molecule has 1 N–H and O–H groups in total. The van der Waals surface area contributed by atoms with Gasteiger partial charge in [-0.05, 0) is 18.6 Å². The summed E-state index contributed by atoms with van der Waals surface area (Å²) in [6, 6.07) is 18.5. The zero-order chi connectivity index (χ0) is 26.9. The van der Waals surface area contributed by atoms with Gasteiger partial charge < -0.3 is 28.8 Å². The number of nitrogens with zero attached hydrogens (tertiary/aromatic N) is 1. The molecule has 2 aliphatic heterocycles. The van der Waals surface area contributed by atoms with Gasteiger partial charge in [-0.1, -0.05) is 60.2 Å². The summed E-state index contributed by atoms with van der Waals surface area (Å²) in [5.74, 6) is 0.170. The van der Waals surface area contributed by atoms with Gasteiger partial charge in [0, 0.05) is 24.4 Å². The molecule has 9 heteroatoms. The lowest BCUT2D eigenvalue weighted by Crippen LogP contribution is -2.35. The number of ether oxygens (including phenoxy) is 4. The molecular formula is C30H24N2O7. The quantitative estimate of drug-likeness (QED) is 0.365. The van der Waals surface area contributed by atoms with Crippen LogP contribution in [0.25, 0.3) is 10.9 Å². The number of carbonyl (C=O) groups is 2. The molecule has 1 unspecified atom stereocenters. The summed E-state index contributed by atoms with van der Waals surface area (Å²) in [7, 11) is 0. The van der Waals surface area contributed by atoms with Crippen LogP contribution in [0.5, 0.6) is 11.5 Å². The molecule has 4 aromatic rings. The van der Waals surface area contributed by atoms with E-state index < -0.39 is 23.2 Å². The number of fused-ring (bicyclic) bond motifs is 2. The highest BCUT2D eigenvalue weighted by Gasteiger charge is 2.32. The van der Waals surface area contributed by atoms with Crippen LogP contribution in [0.15, 0.2) is 89.7 Å². The molecular weight excluding hydrogens is 500 g/mol. The monoisotopic (exact) mass is 524 g/mol. The second-order valence-electron chi connectivity index (χ2n) is 9.25. The van der Waals surface area contributed by atoms with E-state index in [9.17, 15) is 14.4 Å². The highest BCUT2D eigenvalue weighted by Crippen LogP contribution is 2.37. The number of aromatic nitrogens is 1. The third-order valence-electron chi connectivity index (χ3n) is 6.68. The van der Waals surface area contributed by atoms with E-state index in [-0.39, 0.29) is 36.8 Å². The molecule has 1 atom stereocenters. The molecule has 3 aromatic carbocycles. The summed E-state index contributed by atoms with van der Waals surface area (Å²) < 4.78 is 23.6. The molecule has 2 aliphatic rings. The van der Waals surface area contributed by atoms with E-state index in [2.05, 4.69) is 5.32 Å². The average Bonchev–Trinajstić information content (AvgIpc) is 3.65. The third-order valence-corrected chi connectivity index (χ3v) is 6.68. The average molecular weight is 525 g/mol. The van der Waals surface area contributed by atoms with Crippen molar-refractivity contribution in [1.29, 1.82) is 0 Å². The van der Waals surface area contributed by atoms with Crippen molar-refractivity contribution in [1.82, 2.24) is 9.88 Å². The predicted molar refractivity (Wildman–Crippen MR) is 141 cm³/mol. The second-order valence-corrected chi connectivity index (χ2v) is 9.25. The van der Waals surface area contributed by atoms with E-state index in [1.54, 1.807) is 41.0 Å². The Kier molecular flexibility index (Phi) is 6.24. The Balaban J connectivity index is 1.51. The summed E-state index contributed by atoms with van der Waals surface area (Å²) in [5, 5.41) is 3.14. The van der Waals surface area contributed by atoms with E-state index in [0.29, 0.717) is 22.6 Å². The summed E-state index contributed by atoms with van der Waals surface area (Å²) in [6.07, 6.45) is 2.77. The lowest BCUT2D eigenvalue weighted by molar-refractivity contribution is -0.124. The van der Waals surface area contributed by atoms with Crippen molar-refractivity contribution in [2.45, 2.75) is 19.5 Å². The Hall–Kier alpha value is -5.05. The van der Waals surface area contributed by atoms with Gasteiger partial charge in [-0.25, -0.2) is 0 Å². The molecule has 0 radical (unpaired) electrons. The number of pyridine rings is 1. The van der Waals surface area contributed by atoms with Crippen molar-refractivity contribution < 1.29 is 28.5 Å². The molecule has 6 rings (SSSR count). The van der Waals surface area contributed by atoms with Gasteiger partial charge in [0.1, 0.15) is 6.26 Å². The largest absolute Gasteiger partial charge is 0.462 e. The number of amides is 1. The van der Waals surface area contributed by atoms with Crippen molar-refractivity contribution >= 4 is 22.6 Å². The van der Waals surface area contributed by atoms with E-state index in [1.807, 2.05) is 37.3 Å². The first kappa shape index (κ1) is 24.3. The van der Waals surface area contributed by atoms with Crippen LogP contribution in [0, 0.1) is 6.92 Å². The van der Waals surface area contributed by atoms with Crippen molar-refractivity contribution in [3.8, 4) is 11.5 Å². The Morgan fingerprint density at radius 3 is 2.41 bits per heavy atom. The van der Waals surface area contributed by atoms with Crippen molar-refractivity contribution in [3.63, 3.8) is 0 Å². The highest BCUT2D eigenvalue weighted by molar-refractivity contribution is 6.10. The minimum Gasteiger partial charge on any atom is -0.462 e. The lowest BCUT2D eigenvalue weighted by atomic mass is 10.0. The number of hydrogen-bond donors (Lipinski definition) is 1. The van der Waals surface area contributed by atoms with E-state index in [0.717, 1.165) is 11.1 Å². The van der Waals surface area contributed by atoms with Crippen LogP contribution in [-0.4, -0.2) is 29.8 Å².